The highest BCUT2D eigenvalue weighted by Crippen LogP contribution is 2.23. The summed E-state index contributed by atoms with van der Waals surface area (Å²) in [5.41, 5.74) is 1.18. The van der Waals surface area contributed by atoms with Gasteiger partial charge in [0.1, 0.15) is 0 Å². The first-order valence-corrected chi connectivity index (χ1v) is 6.16. The van der Waals surface area contributed by atoms with Gasteiger partial charge in [-0.15, -0.1) is 0 Å². The number of rotatable bonds is 5. The molecule has 2 heterocycles. The number of ether oxygens (including phenoxy) is 2. The van der Waals surface area contributed by atoms with Crippen LogP contribution in [-0.4, -0.2) is 36.3 Å². The fourth-order valence-corrected chi connectivity index (χ4v) is 2.15. The second kappa shape index (κ2) is 5.62. The monoisotopic (exact) mass is 239 g/mol. The van der Waals surface area contributed by atoms with Crippen LogP contribution in [0.5, 0.6) is 0 Å². The Morgan fingerprint density at radius 2 is 2.18 bits per heavy atom. The molecule has 5 nitrogen and oxygen atoms in total. The second-order valence-corrected chi connectivity index (χ2v) is 4.54. The summed E-state index contributed by atoms with van der Waals surface area (Å²) in [5.74, 6) is 0. The molecule has 0 radical (unpaired) electrons. The fourth-order valence-electron chi connectivity index (χ4n) is 2.15. The van der Waals surface area contributed by atoms with Crippen LogP contribution in [0.25, 0.3) is 0 Å². The first-order chi connectivity index (χ1) is 8.22. The summed E-state index contributed by atoms with van der Waals surface area (Å²) in [6.45, 7) is 5.66. The van der Waals surface area contributed by atoms with E-state index in [0.717, 1.165) is 6.42 Å². The SMILES string of the molecule is CNC(CC1OCCO1)c1ccnn1C(C)C. The van der Waals surface area contributed by atoms with Crippen molar-refractivity contribution in [3.05, 3.63) is 18.0 Å². The summed E-state index contributed by atoms with van der Waals surface area (Å²) in [5, 5.41) is 7.66. The predicted octanol–water partition coefficient (Wildman–Crippen LogP) is 1.49. The van der Waals surface area contributed by atoms with Crippen LogP contribution in [0.15, 0.2) is 12.3 Å². The Labute approximate surface area is 102 Å². The Bertz CT molecular complexity index is 345. The number of hydrogen-bond acceptors (Lipinski definition) is 4. The third-order valence-corrected chi connectivity index (χ3v) is 3.01. The summed E-state index contributed by atoms with van der Waals surface area (Å²) in [7, 11) is 1.96. The Hall–Kier alpha value is -0.910. The molecule has 1 N–H and O–H groups in total. The molecule has 1 unspecified atom stereocenters. The Morgan fingerprint density at radius 3 is 2.76 bits per heavy atom. The van der Waals surface area contributed by atoms with Crippen LogP contribution in [-0.2, 0) is 9.47 Å². The molecule has 0 saturated carbocycles. The van der Waals surface area contributed by atoms with Crippen molar-refractivity contribution < 1.29 is 9.47 Å². The van der Waals surface area contributed by atoms with Gasteiger partial charge < -0.3 is 14.8 Å². The van der Waals surface area contributed by atoms with Crippen molar-refractivity contribution in [2.24, 2.45) is 0 Å². The first-order valence-electron chi connectivity index (χ1n) is 6.16. The lowest BCUT2D eigenvalue weighted by Crippen LogP contribution is -2.26. The highest BCUT2D eigenvalue weighted by atomic mass is 16.7. The lowest BCUT2D eigenvalue weighted by atomic mass is 10.1. The Morgan fingerprint density at radius 1 is 1.47 bits per heavy atom. The minimum absolute atomic E-state index is 0.0945. The van der Waals surface area contributed by atoms with Gasteiger partial charge in [-0.1, -0.05) is 0 Å². The fraction of sp³-hybridized carbons (Fsp3) is 0.750. The maximum atomic E-state index is 5.49. The van der Waals surface area contributed by atoms with Crippen molar-refractivity contribution in [3.63, 3.8) is 0 Å². The third-order valence-electron chi connectivity index (χ3n) is 3.01. The summed E-state index contributed by atoms with van der Waals surface area (Å²) < 4.78 is 13.0. The number of aromatic nitrogens is 2. The van der Waals surface area contributed by atoms with Gasteiger partial charge in [0.2, 0.25) is 0 Å². The molecule has 0 aliphatic carbocycles. The molecule has 0 bridgehead atoms. The van der Waals surface area contributed by atoms with Crippen LogP contribution in [0, 0.1) is 0 Å². The number of hydrogen-bond donors (Lipinski definition) is 1. The molecule has 5 heteroatoms. The molecule has 96 valence electrons. The standard InChI is InChI=1S/C12H21N3O2/c1-9(2)15-11(4-5-14-15)10(13-3)8-12-16-6-7-17-12/h4-5,9-10,12-13H,6-8H2,1-3H3. The van der Waals surface area contributed by atoms with Gasteiger partial charge in [-0.05, 0) is 27.0 Å². The predicted molar refractivity (Wildman–Crippen MR) is 64.7 cm³/mol. The van der Waals surface area contributed by atoms with E-state index in [4.69, 9.17) is 9.47 Å². The van der Waals surface area contributed by atoms with Crippen LogP contribution < -0.4 is 5.32 Å². The largest absolute Gasteiger partial charge is 0.350 e. The molecule has 17 heavy (non-hydrogen) atoms. The average Bonchev–Trinajstić information content (AvgIpc) is 2.96. The van der Waals surface area contributed by atoms with Gasteiger partial charge in [-0.25, -0.2) is 0 Å². The van der Waals surface area contributed by atoms with Gasteiger partial charge in [-0.3, -0.25) is 4.68 Å². The maximum Gasteiger partial charge on any atom is 0.159 e. The molecule has 1 aliphatic rings. The smallest absolute Gasteiger partial charge is 0.159 e. The maximum absolute atomic E-state index is 5.49. The summed E-state index contributed by atoms with van der Waals surface area (Å²) in [6.07, 6.45) is 2.56. The number of nitrogens with one attached hydrogen (secondary N) is 1. The zero-order chi connectivity index (χ0) is 12.3. The van der Waals surface area contributed by atoms with E-state index >= 15 is 0 Å². The van der Waals surface area contributed by atoms with Gasteiger partial charge in [-0.2, -0.15) is 5.10 Å². The van der Waals surface area contributed by atoms with E-state index in [1.807, 2.05) is 17.9 Å². The van der Waals surface area contributed by atoms with Crippen molar-refractivity contribution >= 4 is 0 Å². The minimum Gasteiger partial charge on any atom is -0.350 e. The van der Waals surface area contributed by atoms with Gasteiger partial charge in [0, 0.05) is 18.7 Å². The van der Waals surface area contributed by atoms with Gasteiger partial charge in [0.05, 0.1) is 24.9 Å². The molecular formula is C12H21N3O2. The zero-order valence-corrected chi connectivity index (χ0v) is 10.7. The molecule has 1 aromatic heterocycles. The van der Waals surface area contributed by atoms with E-state index < -0.39 is 0 Å². The minimum atomic E-state index is -0.0945. The van der Waals surface area contributed by atoms with Crippen LogP contribution in [0.3, 0.4) is 0 Å². The molecule has 1 fully saturated rings. The first kappa shape index (κ1) is 12.5. The molecule has 1 saturated heterocycles. The molecule has 1 aromatic rings. The molecule has 0 spiro atoms. The van der Waals surface area contributed by atoms with Crippen molar-refractivity contribution in [1.82, 2.24) is 15.1 Å². The Kier molecular flexibility index (Phi) is 4.15. The van der Waals surface area contributed by atoms with E-state index in [2.05, 4.69) is 30.3 Å². The van der Waals surface area contributed by atoms with E-state index in [1.54, 1.807) is 0 Å². The number of nitrogens with zero attached hydrogens (tertiary/aromatic N) is 2. The molecule has 1 aliphatic heterocycles. The van der Waals surface area contributed by atoms with Gasteiger partial charge >= 0.3 is 0 Å². The van der Waals surface area contributed by atoms with Crippen molar-refractivity contribution in [2.45, 2.75) is 38.6 Å². The Balaban J connectivity index is 2.08. The van der Waals surface area contributed by atoms with Crippen LogP contribution in [0.2, 0.25) is 0 Å². The van der Waals surface area contributed by atoms with Gasteiger partial charge in [0.15, 0.2) is 6.29 Å². The van der Waals surface area contributed by atoms with E-state index in [1.165, 1.54) is 5.69 Å². The van der Waals surface area contributed by atoms with Gasteiger partial charge in [0.25, 0.3) is 0 Å². The normalized spacial score (nSPS) is 19.1. The third kappa shape index (κ3) is 2.86. The zero-order valence-electron chi connectivity index (χ0n) is 10.7. The van der Waals surface area contributed by atoms with E-state index in [-0.39, 0.29) is 12.3 Å². The molecule has 2 rings (SSSR count). The average molecular weight is 239 g/mol. The van der Waals surface area contributed by atoms with Crippen molar-refractivity contribution in [3.8, 4) is 0 Å². The van der Waals surface area contributed by atoms with Crippen LogP contribution >= 0.6 is 0 Å². The molecule has 1 atom stereocenters. The highest BCUT2D eigenvalue weighted by molar-refractivity contribution is 5.08. The quantitative estimate of drug-likeness (QED) is 0.845. The van der Waals surface area contributed by atoms with Crippen molar-refractivity contribution in [2.75, 3.05) is 20.3 Å². The van der Waals surface area contributed by atoms with E-state index in [0.29, 0.717) is 19.3 Å². The lowest BCUT2D eigenvalue weighted by molar-refractivity contribution is -0.0531. The van der Waals surface area contributed by atoms with E-state index in [9.17, 15) is 0 Å². The summed E-state index contributed by atoms with van der Waals surface area (Å²) in [4.78, 5) is 0. The second-order valence-electron chi connectivity index (χ2n) is 4.54. The molecule has 0 aromatic carbocycles. The summed E-state index contributed by atoms with van der Waals surface area (Å²) in [6, 6.07) is 2.63. The highest BCUT2D eigenvalue weighted by Gasteiger charge is 2.24. The summed E-state index contributed by atoms with van der Waals surface area (Å²) >= 11 is 0. The lowest BCUT2D eigenvalue weighted by Gasteiger charge is -2.22. The molecular weight excluding hydrogens is 218 g/mol. The van der Waals surface area contributed by atoms with Crippen LogP contribution in [0.4, 0.5) is 0 Å². The van der Waals surface area contributed by atoms with Crippen molar-refractivity contribution in [1.29, 1.82) is 0 Å². The molecule has 0 amide bonds. The van der Waals surface area contributed by atoms with Crippen LogP contribution in [0.1, 0.15) is 38.0 Å². The topological polar surface area (TPSA) is 48.3 Å².